The number of hydrogen-bond acceptors (Lipinski definition) is 4. The zero-order valence-electron chi connectivity index (χ0n) is 15.2. The molecule has 1 aromatic rings. The van der Waals surface area contributed by atoms with Crippen LogP contribution in [0.4, 0.5) is 4.79 Å². The summed E-state index contributed by atoms with van der Waals surface area (Å²) in [7, 11) is 0. The topological polar surface area (TPSA) is 54.0 Å². The van der Waals surface area contributed by atoms with Gasteiger partial charge < -0.3 is 19.7 Å². The van der Waals surface area contributed by atoms with E-state index in [2.05, 4.69) is 10.2 Å². The summed E-state index contributed by atoms with van der Waals surface area (Å²) in [5.41, 5.74) is 1.05. The average molecular weight is 382 g/mol. The van der Waals surface area contributed by atoms with Gasteiger partial charge in [0.15, 0.2) is 0 Å². The molecule has 1 N–H and O–H groups in total. The first-order valence-corrected chi connectivity index (χ1v) is 9.80. The van der Waals surface area contributed by atoms with Gasteiger partial charge in [0.25, 0.3) is 0 Å². The van der Waals surface area contributed by atoms with Crippen LogP contribution < -0.4 is 5.32 Å². The van der Waals surface area contributed by atoms with Crippen molar-refractivity contribution in [1.82, 2.24) is 15.1 Å². The third-order valence-corrected chi connectivity index (χ3v) is 5.13. The number of nitrogens with one attached hydrogen (secondary N) is 1. The Morgan fingerprint density at radius 3 is 2.65 bits per heavy atom. The van der Waals surface area contributed by atoms with E-state index in [1.165, 1.54) is 0 Å². The molecule has 2 aliphatic heterocycles. The van der Waals surface area contributed by atoms with E-state index in [0.717, 1.165) is 51.3 Å². The molecule has 144 valence electrons. The van der Waals surface area contributed by atoms with E-state index in [-0.39, 0.29) is 12.1 Å². The highest BCUT2D eigenvalue weighted by atomic mass is 35.5. The molecule has 0 saturated carbocycles. The minimum Gasteiger partial charge on any atom is -0.379 e. The summed E-state index contributed by atoms with van der Waals surface area (Å²) in [6.07, 6.45) is 2.00. The number of carbonyl (C=O) groups is 1. The summed E-state index contributed by atoms with van der Waals surface area (Å²) in [6, 6.07) is 7.63. The van der Waals surface area contributed by atoms with Crippen LogP contribution >= 0.6 is 11.6 Å². The van der Waals surface area contributed by atoms with Crippen molar-refractivity contribution >= 4 is 17.6 Å². The highest BCUT2D eigenvalue weighted by Crippen LogP contribution is 2.23. The van der Waals surface area contributed by atoms with E-state index < -0.39 is 0 Å². The van der Waals surface area contributed by atoms with E-state index in [1.54, 1.807) is 0 Å². The van der Waals surface area contributed by atoms with E-state index in [4.69, 9.17) is 21.1 Å². The molecule has 0 spiro atoms. The Morgan fingerprint density at radius 1 is 1.12 bits per heavy atom. The van der Waals surface area contributed by atoms with Crippen LogP contribution in [-0.2, 0) is 9.47 Å². The van der Waals surface area contributed by atoms with Crippen molar-refractivity contribution in [2.75, 3.05) is 59.1 Å². The second-order valence-electron chi connectivity index (χ2n) is 6.75. The van der Waals surface area contributed by atoms with Crippen LogP contribution in [-0.4, -0.2) is 74.9 Å². The van der Waals surface area contributed by atoms with Gasteiger partial charge in [-0.25, -0.2) is 4.79 Å². The number of amides is 2. The number of hydrogen-bond donors (Lipinski definition) is 1. The largest absolute Gasteiger partial charge is 0.379 e. The predicted molar refractivity (Wildman–Crippen MR) is 102 cm³/mol. The Kier molecular flexibility index (Phi) is 7.55. The Labute approximate surface area is 160 Å². The molecule has 2 amide bonds. The molecule has 0 aromatic heterocycles. The first kappa shape index (κ1) is 19.4. The molecule has 2 fully saturated rings. The summed E-state index contributed by atoms with van der Waals surface area (Å²) in [6.45, 7) is 7.26. The summed E-state index contributed by atoms with van der Waals surface area (Å²) < 4.78 is 11.2. The van der Waals surface area contributed by atoms with Crippen molar-refractivity contribution < 1.29 is 14.3 Å². The Bertz CT molecular complexity index is 564. The second kappa shape index (κ2) is 10.1. The Balaban J connectivity index is 1.35. The van der Waals surface area contributed by atoms with E-state index in [0.29, 0.717) is 31.3 Å². The number of ether oxygens (including phenoxy) is 2. The summed E-state index contributed by atoms with van der Waals surface area (Å²) in [4.78, 5) is 16.7. The normalized spacial score (nSPS) is 21.6. The maximum absolute atomic E-state index is 12.4. The first-order valence-electron chi connectivity index (χ1n) is 9.42. The molecule has 1 unspecified atom stereocenters. The van der Waals surface area contributed by atoms with Crippen LogP contribution in [0.5, 0.6) is 0 Å². The lowest BCUT2D eigenvalue weighted by molar-refractivity contribution is -0.0154. The summed E-state index contributed by atoms with van der Waals surface area (Å²) in [5.74, 6) is 0. The lowest BCUT2D eigenvalue weighted by Crippen LogP contribution is -2.47. The van der Waals surface area contributed by atoms with Gasteiger partial charge in [-0.05, 0) is 37.1 Å². The molecule has 1 aromatic carbocycles. The van der Waals surface area contributed by atoms with Crippen LogP contribution in [0.15, 0.2) is 24.3 Å². The van der Waals surface area contributed by atoms with Crippen molar-refractivity contribution in [3.05, 3.63) is 34.9 Å². The molecule has 1 atom stereocenters. The zero-order valence-corrected chi connectivity index (χ0v) is 15.9. The van der Waals surface area contributed by atoms with Gasteiger partial charge in [0.05, 0.1) is 26.4 Å². The van der Waals surface area contributed by atoms with Gasteiger partial charge in [-0.15, -0.1) is 0 Å². The fourth-order valence-corrected chi connectivity index (χ4v) is 3.43. The van der Waals surface area contributed by atoms with Crippen LogP contribution in [0.25, 0.3) is 0 Å². The van der Waals surface area contributed by atoms with Gasteiger partial charge in [-0.1, -0.05) is 23.7 Å². The quantitative estimate of drug-likeness (QED) is 0.769. The molecule has 6 nitrogen and oxygen atoms in total. The standard InChI is InChI=1S/C19H28ClN3O3/c20-17-5-3-16(4-6-17)18-15-23(11-14-26-18)19(24)21-7-1-2-8-22-9-12-25-13-10-22/h3-6,18H,1-2,7-15H2,(H,21,24). The highest BCUT2D eigenvalue weighted by Gasteiger charge is 2.25. The maximum Gasteiger partial charge on any atom is 0.317 e. The van der Waals surface area contributed by atoms with Gasteiger partial charge >= 0.3 is 6.03 Å². The number of urea groups is 1. The number of halogens is 1. The van der Waals surface area contributed by atoms with Crippen molar-refractivity contribution in [2.45, 2.75) is 18.9 Å². The van der Waals surface area contributed by atoms with Crippen molar-refractivity contribution in [3.8, 4) is 0 Å². The minimum atomic E-state index is -0.0897. The number of rotatable bonds is 6. The molecule has 0 radical (unpaired) electrons. The zero-order chi connectivity index (χ0) is 18.2. The first-order chi connectivity index (χ1) is 12.7. The molecule has 0 bridgehead atoms. The fraction of sp³-hybridized carbons (Fsp3) is 0.632. The van der Waals surface area contributed by atoms with Crippen molar-refractivity contribution in [2.24, 2.45) is 0 Å². The SMILES string of the molecule is O=C(NCCCCN1CCOCC1)N1CCOC(c2ccc(Cl)cc2)C1. The number of carbonyl (C=O) groups excluding carboxylic acids is 1. The molecule has 26 heavy (non-hydrogen) atoms. The summed E-state index contributed by atoms with van der Waals surface area (Å²) >= 11 is 5.94. The third kappa shape index (κ3) is 5.84. The molecular formula is C19H28ClN3O3. The average Bonchev–Trinajstić information content (AvgIpc) is 2.69. The van der Waals surface area contributed by atoms with Gasteiger partial charge in [-0.3, -0.25) is 4.90 Å². The van der Waals surface area contributed by atoms with Gasteiger partial charge in [0.2, 0.25) is 0 Å². The predicted octanol–water partition coefficient (Wildman–Crippen LogP) is 2.54. The monoisotopic (exact) mass is 381 g/mol. The fourth-order valence-electron chi connectivity index (χ4n) is 3.31. The molecule has 3 rings (SSSR count). The van der Waals surface area contributed by atoms with Gasteiger partial charge in [0.1, 0.15) is 6.10 Å². The Morgan fingerprint density at radius 2 is 1.88 bits per heavy atom. The van der Waals surface area contributed by atoms with Crippen molar-refractivity contribution in [1.29, 1.82) is 0 Å². The number of unbranched alkanes of at least 4 members (excludes halogenated alkanes) is 1. The molecular weight excluding hydrogens is 354 g/mol. The Hall–Kier alpha value is -1.34. The molecule has 7 heteroatoms. The molecule has 2 heterocycles. The van der Waals surface area contributed by atoms with Crippen LogP contribution in [0.2, 0.25) is 5.02 Å². The smallest absolute Gasteiger partial charge is 0.317 e. The highest BCUT2D eigenvalue weighted by molar-refractivity contribution is 6.30. The lowest BCUT2D eigenvalue weighted by atomic mass is 10.1. The van der Waals surface area contributed by atoms with E-state index in [9.17, 15) is 4.79 Å². The third-order valence-electron chi connectivity index (χ3n) is 4.88. The minimum absolute atomic E-state index is 0.00126. The summed E-state index contributed by atoms with van der Waals surface area (Å²) in [5, 5.41) is 3.74. The maximum atomic E-state index is 12.4. The van der Waals surface area contributed by atoms with Gasteiger partial charge in [-0.2, -0.15) is 0 Å². The number of morpholine rings is 2. The van der Waals surface area contributed by atoms with E-state index >= 15 is 0 Å². The number of nitrogens with zero attached hydrogens (tertiary/aromatic N) is 2. The van der Waals surface area contributed by atoms with Crippen molar-refractivity contribution in [3.63, 3.8) is 0 Å². The van der Waals surface area contributed by atoms with Gasteiger partial charge in [0, 0.05) is 31.2 Å². The number of benzene rings is 1. The lowest BCUT2D eigenvalue weighted by Gasteiger charge is -2.33. The van der Waals surface area contributed by atoms with Crippen LogP contribution in [0.1, 0.15) is 24.5 Å². The van der Waals surface area contributed by atoms with Crippen LogP contribution in [0.3, 0.4) is 0 Å². The second-order valence-corrected chi connectivity index (χ2v) is 7.19. The molecule has 0 aliphatic carbocycles. The van der Waals surface area contributed by atoms with E-state index in [1.807, 2.05) is 29.2 Å². The molecule has 2 saturated heterocycles. The van der Waals surface area contributed by atoms with Crippen LogP contribution in [0, 0.1) is 0 Å². The molecule has 2 aliphatic rings.